The number of hydroxylamine groups is 1. The van der Waals surface area contributed by atoms with E-state index in [4.69, 9.17) is 0 Å². The van der Waals surface area contributed by atoms with Crippen molar-refractivity contribution >= 4 is 44.7 Å². The average molecular weight is 501 g/mol. The number of hydrogen-bond acceptors (Lipinski definition) is 7. The molecule has 1 aromatic carbocycles. The number of nitrogens with one attached hydrogen (secondary N) is 3. The Morgan fingerprint density at radius 3 is 2.44 bits per heavy atom. The number of alkyl halides is 3. The molecule has 10 nitrogen and oxygen atoms in total. The zero-order valence-electron chi connectivity index (χ0n) is 18.4. The minimum Gasteiger partial charge on any atom is -0.353 e. The van der Waals surface area contributed by atoms with Gasteiger partial charge in [0.1, 0.15) is 5.82 Å². The van der Waals surface area contributed by atoms with Gasteiger partial charge in [-0.2, -0.15) is 13.2 Å². The van der Waals surface area contributed by atoms with E-state index in [2.05, 4.69) is 25.9 Å². The summed E-state index contributed by atoms with van der Waals surface area (Å²) >= 11 is 0. The van der Waals surface area contributed by atoms with Gasteiger partial charge in [0.2, 0.25) is 15.9 Å². The van der Waals surface area contributed by atoms with Gasteiger partial charge in [0, 0.05) is 25.2 Å². The molecule has 1 saturated carbocycles. The molecule has 0 saturated heterocycles. The minimum absolute atomic E-state index is 0.0434. The Kier molecular flexibility index (Phi) is 7.02. The second-order valence-corrected chi connectivity index (χ2v) is 9.58. The summed E-state index contributed by atoms with van der Waals surface area (Å²) in [5, 5.41) is 5.28. The molecule has 2 aromatic rings. The number of pyridine rings is 1. The van der Waals surface area contributed by atoms with Gasteiger partial charge in [0.15, 0.2) is 0 Å². The first-order chi connectivity index (χ1) is 15.8. The van der Waals surface area contributed by atoms with Gasteiger partial charge in [0.25, 0.3) is 5.91 Å². The number of carbonyl (C=O) groups is 2. The third kappa shape index (κ3) is 5.75. The Hall–Kier alpha value is -3.39. The van der Waals surface area contributed by atoms with Gasteiger partial charge in [-0.1, -0.05) is 6.07 Å². The van der Waals surface area contributed by atoms with Crippen LogP contribution >= 0.6 is 0 Å². The molecule has 0 radical (unpaired) electrons. The number of hydrogen-bond donors (Lipinski definition) is 3. The van der Waals surface area contributed by atoms with Gasteiger partial charge in [0.05, 0.1) is 41.6 Å². The van der Waals surface area contributed by atoms with Crippen molar-refractivity contribution in [2.24, 2.45) is 5.92 Å². The second kappa shape index (κ2) is 9.46. The summed E-state index contributed by atoms with van der Waals surface area (Å²) in [4.78, 5) is 33.1. The van der Waals surface area contributed by atoms with Crippen LogP contribution in [0.3, 0.4) is 0 Å². The standard InChI is InChI=1S/C20H22F3N5O5S/c1-28(34(3,31)32)17-13(20(21,22)23)5-4-6-14(17)25-15-9-16(26-18(29)11-7-8-11)24-10-12(15)19(30)27-33-2/h4-6,9-11H,7-8H2,1-3H3,(H,27,30)(H2,24,25,26,29). The molecule has 0 bridgehead atoms. The maximum absolute atomic E-state index is 13.7. The smallest absolute Gasteiger partial charge is 0.353 e. The molecule has 2 amide bonds. The third-order valence-corrected chi connectivity index (χ3v) is 6.14. The number of anilines is 4. The lowest BCUT2D eigenvalue weighted by Gasteiger charge is -2.25. The van der Waals surface area contributed by atoms with Gasteiger partial charge in [-0.3, -0.25) is 18.7 Å². The van der Waals surface area contributed by atoms with Crippen LogP contribution in [0, 0.1) is 5.92 Å². The first kappa shape index (κ1) is 25.2. The van der Waals surface area contributed by atoms with Crippen LogP contribution in [0.4, 0.5) is 36.1 Å². The number of amides is 2. The van der Waals surface area contributed by atoms with Crippen molar-refractivity contribution < 1.29 is 36.0 Å². The van der Waals surface area contributed by atoms with Crippen molar-refractivity contribution in [1.29, 1.82) is 0 Å². The van der Waals surface area contributed by atoms with E-state index in [1.807, 2.05) is 0 Å². The van der Waals surface area contributed by atoms with Crippen LogP contribution in [0.5, 0.6) is 0 Å². The molecule has 14 heteroatoms. The fourth-order valence-corrected chi connectivity index (χ4v) is 3.58. The molecule has 1 aliphatic rings. The van der Waals surface area contributed by atoms with Crippen LogP contribution in [-0.4, -0.2) is 45.6 Å². The zero-order valence-corrected chi connectivity index (χ0v) is 19.2. The maximum atomic E-state index is 13.7. The van der Waals surface area contributed by atoms with Crippen LogP contribution < -0.4 is 20.4 Å². The largest absolute Gasteiger partial charge is 0.418 e. The highest BCUT2D eigenvalue weighted by molar-refractivity contribution is 7.92. The molecule has 1 heterocycles. The number of halogens is 3. The Bertz CT molecular complexity index is 1220. The van der Waals surface area contributed by atoms with Crippen LogP contribution in [0.2, 0.25) is 0 Å². The minimum atomic E-state index is -4.87. The van der Waals surface area contributed by atoms with Crippen molar-refractivity contribution in [2.75, 3.05) is 35.4 Å². The van der Waals surface area contributed by atoms with E-state index in [0.29, 0.717) is 4.31 Å². The molecule has 3 N–H and O–H groups in total. The number of benzene rings is 1. The number of para-hydroxylation sites is 1. The van der Waals surface area contributed by atoms with Crippen LogP contribution in [0.15, 0.2) is 30.5 Å². The van der Waals surface area contributed by atoms with Crippen molar-refractivity contribution in [3.63, 3.8) is 0 Å². The van der Waals surface area contributed by atoms with E-state index in [0.717, 1.165) is 44.5 Å². The number of carbonyl (C=O) groups excluding carboxylic acids is 2. The van der Waals surface area contributed by atoms with E-state index >= 15 is 0 Å². The van der Waals surface area contributed by atoms with Crippen LogP contribution in [0.1, 0.15) is 28.8 Å². The highest BCUT2D eigenvalue weighted by atomic mass is 32.2. The number of nitrogens with zero attached hydrogens (tertiary/aromatic N) is 2. The van der Waals surface area contributed by atoms with Gasteiger partial charge in [-0.15, -0.1) is 0 Å². The molecule has 0 unspecified atom stereocenters. The fourth-order valence-electron chi connectivity index (χ4n) is 3.05. The fraction of sp³-hybridized carbons (Fsp3) is 0.350. The highest BCUT2D eigenvalue weighted by Crippen LogP contribution is 2.42. The third-order valence-electron chi connectivity index (χ3n) is 4.97. The molecule has 0 spiro atoms. The first-order valence-electron chi connectivity index (χ1n) is 9.88. The lowest BCUT2D eigenvalue weighted by molar-refractivity contribution is -0.137. The van der Waals surface area contributed by atoms with Crippen molar-refractivity contribution in [1.82, 2.24) is 10.5 Å². The molecule has 1 fully saturated rings. The monoisotopic (exact) mass is 501 g/mol. The highest BCUT2D eigenvalue weighted by Gasteiger charge is 2.37. The number of sulfonamides is 1. The van der Waals surface area contributed by atoms with Crippen LogP contribution in [0.25, 0.3) is 0 Å². The molecule has 1 aromatic heterocycles. The number of aromatic nitrogens is 1. The molecule has 3 rings (SSSR count). The van der Waals surface area contributed by atoms with Gasteiger partial charge in [-0.05, 0) is 25.0 Å². The van der Waals surface area contributed by atoms with Crippen molar-refractivity contribution in [2.45, 2.75) is 19.0 Å². The van der Waals surface area contributed by atoms with Crippen molar-refractivity contribution in [3.05, 3.63) is 41.6 Å². The molecule has 184 valence electrons. The topological polar surface area (TPSA) is 130 Å². The molecule has 1 aliphatic carbocycles. The molecule has 0 atom stereocenters. The van der Waals surface area contributed by atoms with Gasteiger partial charge >= 0.3 is 6.18 Å². The quantitative estimate of drug-likeness (QED) is 0.474. The average Bonchev–Trinajstić information content (AvgIpc) is 3.57. The normalized spacial score (nSPS) is 13.8. The summed E-state index contributed by atoms with van der Waals surface area (Å²) in [6, 6.07) is 4.33. The van der Waals surface area contributed by atoms with E-state index < -0.39 is 33.4 Å². The van der Waals surface area contributed by atoms with E-state index in [1.165, 1.54) is 19.2 Å². The van der Waals surface area contributed by atoms with E-state index in [9.17, 15) is 31.2 Å². The first-order valence-corrected chi connectivity index (χ1v) is 11.7. The number of rotatable bonds is 8. The van der Waals surface area contributed by atoms with E-state index in [-0.39, 0.29) is 34.6 Å². The van der Waals surface area contributed by atoms with Gasteiger partial charge < -0.3 is 10.6 Å². The lowest BCUT2D eigenvalue weighted by atomic mass is 10.1. The summed E-state index contributed by atoms with van der Waals surface area (Å²) in [5.74, 6) is -1.14. The molecule has 0 aliphatic heterocycles. The van der Waals surface area contributed by atoms with Gasteiger partial charge in [-0.25, -0.2) is 18.9 Å². The summed E-state index contributed by atoms with van der Waals surface area (Å²) in [6.45, 7) is 0. The second-order valence-electron chi connectivity index (χ2n) is 7.57. The maximum Gasteiger partial charge on any atom is 0.418 e. The Balaban J connectivity index is 2.12. The Labute approximate surface area is 193 Å². The van der Waals surface area contributed by atoms with Crippen molar-refractivity contribution in [3.8, 4) is 0 Å². The molecule has 34 heavy (non-hydrogen) atoms. The predicted octanol–water partition coefficient (Wildman–Crippen LogP) is 2.88. The predicted molar refractivity (Wildman–Crippen MR) is 118 cm³/mol. The summed E-state index contributed by atoms with van der Waals surface area (Å²) < 4.78 is 65.9. The lowest BCUT2D eigenvalue weighted by Crippen LogP contribution is -2.28. The Morgan fingerprint density at radius 2 is 1.88 bits per heavy atom. The summed E-state index contributed by atoms with van der Waals surface area (Å²) in [5.41, 5.74) is -0.215. The van der Waals surface area contributed by atoms with E-state index in [1.54, 1.807) is 0 Å². The Morgan fingerprint density at radius 1 is 1.21 bits per heavy atom. The summed E-state index contributed by atoms with van der Waals surface area (Å²) in [6.07, 6.45) is -1.54. The SMILES string of the molecule is CONC(=O)c1cnc(NC(=O)C2CC2)cc1Nc1cccc(C(F)(F)F)c1N(C)S(C)(=O)=O. The molecular weight excluding hydrogens is 479 g/mol. The summed E-state index contributed by atoms with van der Waals surface area (Å²) in [7, 11) is -1.92. The van der Waals surface area contributed by atoms with Crippen LogP contribution in [-0.2, 0) is 25.8 Å². The zero-order chi connectivity index (χ0) is 25.3. The molecular formula is C20H22F3N5O5S.